The maximum atomic E-state index is 12.2. The van der Waals surface area contributed by atoms with Crippen LogP contribution in [0.3, 0.4) is 0 Å². The van der Waals surface area contributed by atoms with E-state index < -0.39 is 11.5 Å². The Kier molecular flexibility index (Phi) is 4.22. The summed E-state index contributed by atoms with van der Waals surface area (Å²) >= 11 is 0. The molecule has 3 N–H and O–H groups in total. The van der Waals surface area contributed by atoms with Gasteiger partial charge in [0.2, 0.25) is 5.91 Å². The van der Waals surface area contributed by atoms with Crippen LogP contribution in [-0.2, 0) is 9.59 Å². The van der Waals surface area contributed by atoms with E-state index in [1.54, 1.807) is 0 Å². The van der Waals surface area contributed by atoms with Crippen LogP contribution in [0.5, 0.6) is 0 Å². The van der Waals surface area contributed by atoms with Crippen molar-refractivity contribution in [2.75, 3.05) is 6.54 Å². The van der Waals surface area contributed by atoms with E-state index >= 15 is 0 Å². The Bertz CT molecular complexity index is 316. The van der Waals surface area contributed by atoms with Crippen LogP contribution in [0.1, 0.15) is 51.4 Å². The molecule has 1 saturated carbocycles. The molecule has 0 spiro atoms. The predicted molar refractivity (Wildman–Crippen MR) is 67.2 cm³/mol. The van der Waals surface area contributed by atoms with Gasteiger partial charge in [-0.15, -0.1) is 0 Å². The number of hydrogen-bond donors (Lipinski definition) is 3. The number of hydrogen-bond acceptors (Lipinski definition) is 3. The highest BCUT2D eigenvalue weighted by Crippen LogP contribution is 2.30. The van der Waals surface area contributed by atoms with Gasteiger partial charge in [-0.1, -0.05) is 25.7 Å². The van der Waals surface area contributed by atoms with Gasteiger partial charge in [0.15, 0.2) is 0 Å². The van der Waals surface area contributed by atoms with Crippen molar-refractivity contribution in [3.05, 3.63) is 0 Å². The molecule has 0 bridgehead atoms. The fraction of sp³-hybridized carbons (Fsp3) is 0.846. The summed E-state index contributed by atoms with van der Waals surface area (Å²) < 4.78 is 0. The summed E-state index contributed by atoms with van der Waals surface area (Å²) in [6.45, 7) is 0.845. The number of nitrogens with one attached hydrogen (secondary N) is 2. The molecule has 1 aliphatic carbocycles. The molecule has 1 heterocycles. The summed E-state index contributed by atoms with van der Waals surface area (Å²) in [5.41, 5.74) is -1.01. The lowest BCUT2D eigenvalue weighted by Crippen LogP contribution is -2.57. The van der Waals surface area contributed by atoms with Gasteiger partial charge in [0.25, 0.3) is 0 Å². The Morgan fingerprint density at radius 3 is 2.50 bits per heavy atom. The topological polar surface area (TPSA) is 78.4 Å². The van der Waals surface area contributed by atoms with Crippen LogP contribution in [0, 0.1) is 0 Å². The largest absolute Gasteiger partial charge is 0.480 e. The Labute approximate surface area is 107 Å². The first-order valence-corrected chi connectivity index (χ1v) is 6.93. The van der Waals surface area contributed by atoms with Crippen LogP contribution in [-0.4, -0.2) is 35.1 Å². The SMILES string of the molecule is O=C(NC1(C(=O)O)CCCC1)C1CCCCCN1. The van der Waals surface area contributed by atoms with E-state index in [2.05, 4.69) is 10.6 Å². The monoisotopic (exact) mass is 254 g/mol. The van der Waals surface area contributed by atoms with E-state index in [1.165, 1.54) is 0 Å². The second-order valence-corrected chi connectivity index (χ2v) is 5.44. The third-order valence-electron chi connectivity index (χ3n) is 4.11. The highest BCUT2D eigenvalue weighted by molar-refractivity contribution is 5.89. The first-order valence-electron chi connectivity index (χ1n) is 6.93. The van der Waals surface area contributed by atoms with Gasteiger partial charge in [0.1, 0.15) is 5.54 Å². The summed E-state index contributed by atoms with van der Waals surface area (Å²) in [6.07, 6.45) is 6.94. The van der Waals surface area contributed by atoms with Gasteiger partial charge < -0.3 is 15.7 Å². The zero-order valence-electron chi connectivity index (χ0n) is 10.7. The Hall–Kier alpha value is -1.10. The normalized spacial score (nSPS) is 27.4. The van der Waals surface area contributed by atoms with Crippen molar-refractivity contribution < 1.29 is 14.7 Å². The van der Waals surface area contributed by atoms with Crippen molar-refractivity contribution in [1.82, 2.24) is 10.6 Å². The summed E-state index contributed by atoms with van der Waals surface area (Å²) in [5, 5.41) is 15.3. The smallest absolute Gasteiger partial charge is 0.329 e. The van der Waals surface area contributed by atoms with Gasteiger partial charge in [-0.25, -0.2) is 4.79 Å². The third-order valence-corrected chi connectivity index (χ3v) is 4.11. The van der Waals surface area contributed by atoms with E-state index in [9.17, 15) is 14.7 Å². The van der Waals surface area contributed by atoms with Crippen molar-refractivity contribution in [2.24, 2.45) is 0 Å². The minimum Gasteiger partial charge on any atom is -0.480 e. The molecular formula is C13H22N2O3. The van der Waals surface area contributed by atoms with E-state index in [-0.39, 0.29) is 11.9 Å². The lowest BCUT2D eigenvalue weighted by molar-refractivity contribution is -0.147. The fourth-order valence-electron chi connectivity index (χ4n) is 2.95. The minimum absolute atomic E-state index is 0.138. The van der Waals surface area contributed by atoms with Gasteiger partial charge in [-0.3, -0.25) is 4.79 Å². The Balaban J connectivity index is 1.98. The summed E-state index contributed by atoms with van der Waals surface area (Å²) in [4.78, 5) is 23.6. The van der Waals surface area contributed by atoms with Crippen molar-refractivity contribution in [2.45, 2.75) is 62.9 Å². The van der Waals surface area contributed by atoms with Gasteiger partial charge in [0, 0.05) is 0 Å². The van der Waals surface area contributed by atoms with Gasteiger partial charge >= 0.3 is 5.97 Å². The van der Waals surface area contributed by atoms with E-state index in [0.29, 0.717) is 12.8 Å². The Morgan fingerprint density at radius 1 is 1.11 bits per heavy atom. The minimum atomic E-state index is -1.01. The molecule has 102 valence electrons. The van der Waals surface area contributed by atoms with Crippen LogP contribution in [0.25, 0.3) is 0 Å². The average Bonchev–Trinajstić information content (AvgIpc) is 2.65. The highest BCUT2D eigenvalue weighted by atomic mass is 16.4. The van der Waals surface area contributed by atoms with Crippen molar-refractivity contribution in [3.63, 3.8) is 0 Å². The number of carbonyl (C=O) groups excluding carboxylic acids is 1. The van der Waals surface area contributed by atoms with Gasteiger partial charge in [0.05, 0.1) is 6.04 Å². The van der Waals surface area contributed by atoms with Crippen LogP contribution >= 0.6 is 0 Å². The number of amides is 1. The van der Waals surface area contributed by atoms with E-state index in [4.69, 9.17) is 0 Å². The molecule has 1 unspecified atom stereocenters. The number of rotatable bonds is 3. The molecule has 2 fully saturated rings. The summed E-state index contributed by atoms with van der Waals surface area (Å²) in [7, 11) is 0. The number of carboxylic acids is 1. The van der Waals surface area contributed by atoms with E-state index in [0.717, 1.165) is 45.1 Å². The molecular weight excluding hydrogens is 232 g/mol. The number of aliphatic carboxylic acids is 1. The molecule has 0 aromatic heterocycles. The van der Waals surface area contributed by atoms with Crippen LogP contribution in [0.4, 0.5) is 0 Å². The van der Waals surface area contributed by atoms with Crippen molar-refractivity contribution in [3.8, 4) is 0 Å². The average molecular weight is 254 g/mol. The second-order valence-electron chi connectivity index (χ2n) is 5.44. The lowest BCUT2D eigenvalue weighted by atomic mass is 9.97. The lowest BCUT2D eigenvalue weighted by Gasteiger charge is -2.28. The molecule has 5 heteroatoms. The number of carbonyl (C=O) groups is 2. The molecule has 0 aromatic rings. The van der Waals surface area contributed by atoms with Crippen LogP contribution in [0.2, 0.25) is 0 Å². The first kappa shape index (κ1) is 13.3. The summed E-state index contributed by atoms with van der Waals surface area (Å²) in [5.74, 6) is -1.02. The second kappa shape index (κ2) is 5.69. The van der Waals surface area contributed by atoms with Crippen LogP contribution in [0.15, 0.2) is 0 Å². The standard InChI is InChI=1S/C13H22N2O3/c16-11(10-6-2-1-5-9-14-10)15-13(12(17)18)7-3-4-8-13/h10,14H,1-9H2,(H,15,16)(H,17,18). The molecule has 1 amide bonds. The molecule has 5 nitrogen and oxygen atoms in total. The molecule has 0 aromatic carbocycles. The zero-order chi connectivity index (χ0) is 13.0. The quantitative estimate of drug-likeness (QED) is 0.703. The molecule has 18 heavy (non-hydrogen) atoms. The van der Waals surface area contributed by atoms with E-state index in [1.807, 2.05) is 0 Å². The van der Waals surface area contributed by atoms with Crippen LogP contribution < -0.4 is 10.6 Å². The highest BCUT2D eigenvalue weighted by Gasteiger charge is 2.43. The molecule has 1 aliphatic heterocycles. The first-order chi connectivity index (χ1) is 8.64. The van der Waals surface area contributed by atoms with Gasteiger partial charge in [-0.2, -0.15) is 0 Å². The van der Waals surface area contributed by atoms with Crippen molar-refractivity contribution in [1.29, 1.82) is 0 Å². The maximum absolute atomic E-state index is 12.2. The Morgan fingerprint density at radius 2 is 1.83 bits per heavy atom. The summed E-state index contributed by atoms with van der Waals surface area (Å²) in [6, 6.07) is -0.218. The predicted octanol–water partition coefficient (Wildman–Crippen LogP) is 1.03. The zero-order valence-corrected chi connectivity index (χ0v) is 10.7. The maximum Gasteiger partial charge on any atom is 0.329 e. The molecule has 0 radical (unpaired) electrons. The third kappa shape index (κ3) is 2.83. The molecule has 1 saturated heterocycles. The number of carboxylic acid groups (broad SMARTS) is 1. The molecule has 2 rings (SSSR count). The van der Waals surface area contributed by atoms with Gasteiger partial charge in [-0.05, 0) is 32.2 Å². The van der Waals surface area contributed by atoms with Crippen molar-refractivity contribution >= 4 is 11.9 Å². The molecule has 2 aliphatic rings. The molecule has 1 atom stereocenters. The fourth-order valence-corrected chi connectivity index (χ4v) is 2.95.